The molecule has 0 aromatic heterocycles. The van der Waals surface area contributed by atoms with Gasteiger partial charge in [-0.2, -0.15) is 0 Å². The van der Waals surface area contributed by atoms with E-state index in [4.69, 9.17) is 5.73 Å². The number of piperidine rings is 1. The van der Waals surface area contributed by atoms with Gasteiger partial charge in [0, 0.05) is 13.1 Å². The van der Waals surface area contributed by atoms with Gasteiger partial charge >= 0.3 is 0 Å². The molecule has 1 saturated heterocycles. The molecule has 19 heavy (non-hydrogen) atoms. The minimum Gasteiger partial charge on any atom is -0.369 e. The third-order valence-corrected chi connectivity index (χ3v) is 3.48. The average molecular weight is 264 g/mol. The Morgan fingerprint density at radius 1 is 1.37 bits per heavy atom. The van der Waals surface area contributed by atoms with Crippen molar-refractivity contribution in [3.63, 3.8) is 0 Å². The molecule has 1 unspecified atom stereocenters. The highest BCUT2D eigenvalue weighted by molar-refractivity contribution is 5.81. The Kier molecular flexibility index (Phi) is 4.14. The SMILES string of the molecule is NC(=O)C1CCCN(C(=O)Cc2ccccc2F)C1. The molecule has 1 aliphatic heterocycles. The molecule has 0 spiro atoms. The maximum Gasteiger partial charge on any atom is 0.227 e. The maximum absolute atomic E-state index is 13.5. The first-order valence-corrected chi connectivity index (χ1v) is 6.38. The fourth-order valence-electron chi connectivity index (χ4n) is 2.35. The minimum absolute atomic E-state index is 0.0259. The number of benzene rings is 1. The average Bonchev–Trinajstić information content (AvgIpc) is 2.41. The fraction of sp³-hybridized carbons (Fsp3) is 0.429. The molecule has 0 saturated carbocycles. The van der Waals surface area contributed by atoms with Gasteiger partial charge in [0.05, 0.1) is 12.3 Å². The van der Waals surface area contributed by atoms with Gasteiger partial charge in [0.2, 0.25) is 11.8 Å². The number of nitrogens with two attached hydrogens (primary N) is 1. The first-order valence-electron chi connectivity index (χ1n) is 6.38. The predicted octanol–water partition coefficient (Wildman–Crippen LogP) is 1.09. The molecule has 4 nitrogen and oxygen atoms in total. The summed E-state index contributed by atoms with van der Waals surface area (Å²) in [5.41, 5.74) is 5.65. The highest BCUT2D eigenvalue weighted by Gasteiger charge is 2.27. The second-order valence-corrected chi connectivity index (χ2v) is 4.85. The van der Waals surface area contributed by atoms with Crippen molar-refractivity contribution in [1.29, 1.82) is 0 Å². The Hall–Kier alpha value is -1.91. The molecule has 1 aromatic rings. The topological polar surface area (TPSA) is 63.4 Å². The Labute approximate surface area is 111 Å². The molecule has 2 amide bonds. The van der Waals surface area contributed by atoms with Gasteiger partial charge in [-0.1, -0.05) is 18.2 Å². The lowest BCUT2D eigenvalue weighted by Crippen LogP contribution is -2.44. The molecule has 1 aliphatic rings. The summed E-state index contributed by atoms with van der Waals surface area (Å²) >= 11 is 0. The number of halogens is 1. The molecule has 1 atom stereocenters. The van der Waals surface area contributed by atoms with Crippen LogP contribution in [0.4, 0.5) is 4.39 Å². The number of amides is 2. The van der Waals surface area contributed by atoms with Crippen LogP contribution in [0.3, 0.4) is 0 Å². The third kappa shape index (κ3) is 3.30. The second kappa shape index (κ2) is 5.82. The van der Waals surface area contributed by atoms with Crippen LogP contribution in [0.2, 0.25) is 0 Å². The highest BCUT2D eigenvalue weighted by Crippen LogP contribution is 2.17. The lowest BCUT2D eigenvalue weighted by Gasteiger charge is -2.31. The van der Waals surface area contributed by atoms with E-state index in [0.29, 0.717) is 18.7 Å². The summed E-state index contributed by atoms with van der Waals surface area (Å²) in [4.78, 5) is 24.9. The number of rotatable bonds is 3. The van der Waals surface area contributed by atoms with Crippen LogP contribution in [-0.2, 0) is 16.0 Å². The van der Waals surface area contributed by atoms with Crippen LogP contribution in [0.15, 0.2) is 24.3 Å². The number of nitrogens with zero attached hydrogens (tertiary/aromatic N) is 1. The molecule has 0 bridgehead atoms. The standard InChI is InChI=1S/C14H17FN2O2/c15-12-6-2-1-4-10(12)8-13(18)17-7-3-5-11(9-17)14(16)19/h1-2,4,6,11H,3,5,7-9H2,(H2,16,19). The van der Waals surface area contributed by atoms with Crippen LogP contribution >= 0.6 is 0 Å². The van der Waals surface area contributed by atoms with Gasteiger partial charge in [-0.25, -0.2) is 4.39 Å². The number of primary amides is 1. The van der Waals surface area contributed by atoms with Gasteiger partial charge in [-0.05, 0) is 24.5 Å². The van der Waals surface area contributed by atoms with Crippen LogP contribution in [0.25, 0.3) is 0 Å². The number of hydrogen-bond acceptors (Lipinski definition) is 2. The number of hydrogen-bond donors (Lipinski definition) is 1. The van der Waals surface area contributed by atoms with E-state index in [1.807, 2.05) is 0 Å². The molecule has 2 rings (SSSR count). The van der Waals surface area contributed by atoms with E-state index in [-0.39, 0.29) is 30.0 Å². The lowest BCUT2D eigenvalue weighted by atomic mass is 9.97. The number of carbonyl (C=O) groups excluding carboxylic acids is 2. The summed E-state index contributed by atoms with van der Waals surface area (Å²) < 4.78 is 13.5. The van der Waals surface area contributed by atoms with Gasteiger partial charge in [-0.3, -0.25) is 9.59 Å². The van der Waals surface area contributed by atoms with E-state index in [1.165, 1.54) is 6.07 Å². The van der Waals surface area contributed by atoms with Crippen LogP contribution < -0.4 is 5.73 Å². The summed E-state index contributed by atoms with van der Waals surface area (Å²) in [5, 5.41) is 0. The van der Waals surface area contributed by atoms with Crippen molar-refractivity contribution in [2.75, 3.05) is 13.1 Å². The Morgan fingerprint density at radius 3 is 2.79 bits per heavy atom. The van der Waals surface area contributed by atoms with Crippen molar-refractivity contribution in [3.8, 4) is 0 Å². The molecule has 1 aromatic carbocycles. The fourth-order valence-corrected chi connectivity index (χ4v) is 2.35. The molecule has 1 fully saturated rings. The van der Waals surface area contributed by atoms with Gasteiger partial charge in [0.25, 0.3) is 0 Å². The van der Waals surface area contributed by atoms with E-state index < -0.39 is 0 Å². The zero-order chi connectivity index (χ0) is 13.8. The van der Waals surface area contributed by atoms with E-state index in [1.54, 1.807) is 23.1 Å². The lowest BCUT2D eigenvalue weighted by molar-refractivity contribution is -0.134. The van der Waals surface area contributed by atoms with Crippen LogP contribution in [-0.4, -0.2) is 29.8 Å². The quantitative estimate of drug-likeness (QED) is 0.888. The molecule has 2 N–H and O–H groups in total. The molecule has 5 heteroatoms. The summed E-state index contributed by atoms with van der Waals surface area (Å²) in [6, 6.07) is 6.23. The first-order chi connectivity index (χ1) is 9.08. The second-order valence-electron chi connectivity index (χ2n) is 4.85. The van der Waals surface area contributed by atoms with E-state index in [2.05, 4.69) is 0 Å². The molecule has 0 radical (unpaired) electrons. The summed E-state index contributed by atoms with van der Waals surface area (Å²) in [7, 11) is 0. The molecule has 102 valence electrons. The van der Waals surface area contributed by atoms with Gasteiger partial charge in [0.1, 0.15) is 5.82 Å². The number of likely N-dealkylation sites (tertiary alicyclic amines) is 1. The van der Waals surface area contributed by atoms with Gasteiger partial charge in [-0.15, -0.1) is 0 Å². The zero-order valence-corrected chi connectivity index (χ0v) is 10.6. The van der Waals surface area contributed by atoms with Crippen LogP contribution in [0.1, 0.15) is 18.4 Å². The van der Waals surface area contributed by atoms with Crippen LogP contribution in [0.5, 0.6) is 0 Å². The van der Waals surface area contributed by atoms with Gasteiger partial charge in [0.15, 0.2) is 0 Å². The Bertz CT molecular complexity index is 490. The van der Waals surface area contributed by atoms with E-state index in [9.17, 15) is 14.0 Å². The monoisotopic (exact) mass is 264 g/mol. The van der Waals surface area contributed by atoms with E-state index in [0.717, 1.165) is 12.8 Å². The minimum atomic E-state index is -0.376. The first kappa shape index (κ1) is 13.5. The van der Waals surface area contributed by atoms with Crippen molar-refractivity contribution < 1.29 is 14.0 Å². The summed E-state index contributed by atoms with van der Waals surface area (Å²) in [6.07, 6.45) is 1.51. The largest absolute Gasteiger partial charge is 0.369 e. The maximum atomic E-state index is 13.5. The van der Waals surface area contributed by atoms with Crippen molar-refractivity contribution in [2.24, 2.45) is 11.7 Å². The van der Waals surface area contributed by atoms with Crippen molar-refractivity contribution >= 4 is 11.8 Å². The van der Waals surface area contributed by atoms with Crippen LogP contribution in [0, 0.1) is 11.7 Å². The third-order valence-electron chi connectivity index (χ3n) is 3.48. The normalized spacial score (nSPS) is 19.2. The highest BCUT2D eigenvalue weighted by atomic mass is 19.1. The van der Waals surface area contributed by atoms with E-state index >= 15 is 0 Å². The zero-order valence-electron chi connectivity index (χ0n) is 10.6. The molecule has 1 heterocycles. The molecule has 0 aliphatic carbocycles. The molecular weight excluding hydrogens is 247 g/mol. The Balaban J connectivity index is 2.00. The summed E-state index contributed by atoms with van der Waals surface area (Å²) in [6.45, 7) is 0.958. The Morgan fingerprint density at radius 2 is 2.11 bits per heavy atom. The van der Waals surface area contributed by atoms with Crippen molar-refractivity contribution in [1.82, 2.24) is 4.90 Å². The smallest absolute Gasteiger partial charge is 0.227 e. The van der Waals surface area contributed by atoms with Crippen molar-refractivity contribution in [3.05, 3.63) is 35.6 Å². The predicted molar refractivity (Wildman–Crippen MR) is 68.6 cm³/mol. The summed E-state index contributed by atoms with van der Waals surface area (Å²) in [5.74, 6) is -1.18. The number of carbonyl (C=O) groups is 2. The van der Waals surface area contributed by atoms with Crippen molar-refractivity contribution in [2.45, 2.75) is 19.3 Å². The van der Waals surface area contributed by atoms with Gasteiger partial charge < -0.3 is 10.6 Å². The molecular formula is C14H17FN2O2.